The van der Waals surface area contributed by atoms with Crippen molar-refractivity contribution in [2.75, 3.05) is 52.8 Å². The van der Waals surface area contributed by atoms with Gasteiger partial charge >= 0.3 is 0 Å². The fraction of sp³-hybridized carbons (Fsp3) is 0.468. The number of aliphatic hydroxyl groups is 3. The zero-order valence-corrected chi connectivity index (χ0v) is 35.1. The normalized spacial score (nSPS) is 22.9. The molecule has 0 aromatic heterocycles. The van der Waals surface area contributed by atoms with Crippen molar-refractivity contribution in [3.05, 3.63) is 118 Å². The molecular formula is C47H56N4O11. The molecule has 3 aliphatic rings. The highest BCUT2D eigenvalue weighted by Crippen LogP contribution is 2.62. The molecule has 2 aliphatic carbocycles. The summed E-state index contributed by atoms with van der Waals surface area (Å²) >= 11 is 0. The van der Waals surface area contributed by atoms with Crippen LogP contribution in [0.25, 0.3) is 0 Å². The standard InChI is InChI=1S/C47H56N4O11/c1-3-24-59-47-43(50(20-25-58-26-23-54)46(55)33-16-14-32(31-48)15-17-33)30-41(49-60-4-2)39-27-34(10-5-7-21-52)38(13-6-8-22-53)44(45(39)47)40-29-37(18-19-42(40)62-47)61-36-12-9-11-35(28-36)51(56)57/h3,9,11-12,14-19,27-29,34,38,43-45,52-54H,1,4-8,10,13,20-26,30H2,2H3. The van der Waals surface area contributed by atoms with Gasteiger partial charge in [0.15, 0.2) is 0 Å². The van der Waals surface area contributed by atoms with Gasteiger partial charge in [-0.3, -0.25) is 14.9 Å². The zero-order valence-electron chi connectivity index (χ0n) is 35.1. The van der Waals surface area contributed by atoms with Crippen LogP contribution in [0.4, 0.5) is 5.69 Å². The van der Waals surface area contributed by atoms with Gasteiger partial charge in [0.25, 0.3) is 11.6 Å². The second-order valence-electron chi connectivity index (χ2n) is 15.6. The maximum Gasteiger partial charge on any atom is 0.273 e. The Morgan fingerprint density at radius 2 is 1.79 bits per heavy atom. The summed E-state index contributed by atoms with van der Waals surface area (Å²) in [5.41, 5.74) is 2.91. The molecule has 3 N–H and O–H groups in total. The summed E-state index contributed by atoms with van der Waals surface area (Å²) in [6.45, 7) is 6.29. The van der Waals surface area contributed by atoms with Crippen LogP contribution < -0.4 is 9.47 Å². The molecule has 0 radical (unpaired) electrons. The van der Waals surface area contributed by atoms with Gasteiger partial charge < -0.3 is 44.0 Å². The number of carbonyl (C=O) groups excluding carboxylic acids is 1. The van der Waals surface area contributed by atoms with Crippen LogP contribution in [0.2, 0.25) is 0 Å². The van der Waals surface area contributed by atoms with Gasteiger partial charge in [0.2, 0.25) is 5.79 Å². The number of oxime groups is 1. The Balaban J connectivity index is 1.59. The second-order valence-corrected chi connectivity index (χ2v) is 15.6. The summed E-state index contributed by atoms with van der Waals surface area (Å²) in [7, 11) is 0. The van der Waals surface area contributed by atoms with Gasteiger partial charge in [0.1, 0.15) is 29.9 Å². The van der Waals surface area contributed by atoms with Crippen LogP contribution >= 0.6 is 0 Å². The number of nitriles is 1. The number of amides is 1. The van der Waals surface area contributed by atoms with E-state index >= 15 is 0 Å². The lowest BCUT2D eigenvalue weighted by molar-refractivity contribution is -0.384. The minimum absolute atomic E-state index is 0.00691. The number of nitro benzene ring substituents is 1. The van der Waals surface area contributed by atoms with E-state index < -0.39 is 22.7 Å². The van der Waals surface area contributed by atoms with Crippen LogP contribution in [0.3, 0.4) is 0 Å². The van der Waals surface area contributed by atoms with Gasteiger partial charge in [-0.25, -0.2) is 0 Å². The Hall–Kier alpha value is -5.63. The van der Waals surface area contributed by atoms with Crippen LogP contribution in [0.15, 0.2) is 96.2 Å². The van der Waals surface area contributed by atoms with Crippen molar-refractivity contribution in [3.63, 3.8) is 0 Å². The first-order chi connectivity index (χ1) is 30.2. The third-order valence-electron chi connectivity index (χ3n) is 11.8. The van der Waals surface area contributed by atoms with Crippen LogP contribution in [0.5, 0.6) is 17.2 Å². The smallest absolute Gasteiger partial charge is 0.273 e. The lowest BCUT2D eigenvalue weighted by atomic mass is 9.55. The maximum absolute atomic E-state index is 15.0. The van der Waals surface area contributed by atoms with E-state index in [1.54, 1.807) is 59.5 Å². The molecule has 6 unspecified atom stereocenters. The van der Waals surface area contributed by atoms with E-state index in [4.69, 9.17) is 28.9 Å². The number of nitro groups is 1. The number of benzene rings is 3. The molecule has 1 saturated carbocycles. The number of rotatable bonds is 23. The quantitative estimate of drug-likeness (QED) is 0.0379. The van der Waals surface area contributed by atoms with Crippen molar-refractivity contribution in [2.24, 2.45) is 22.9 Å². The molecule has 62 heavy (non-hydrogen) atoms. The van der Waals surface area contributed by atoms with E-state index in [0.717, 1.165) is 30.4 Å². The molecule has 15 nitrogen and oxygen atoms in total. The molecule has 3 aromatic rings. The number of hydrogen-bond donors (Lipinski definition) is 3. The molecule has 6 rings (SSSR count). The average molecular weight is 853 g/mol. The van der Waals surface area contributed by atoms with Crippen molar-refractivity contribution in [2.45, 2.75) is 69.6 Å². The van der Waals surface area contributed by atoms with Crippen molar-refractivity contribution in [1.29, 1.82) is 5.26 Å². The summed E-state index contributed by atoms with van der Waals surface area (Å²) in [5.74, 6) is -1.69. The molecule has 1 aliphatic heterocycles. The van der Waals surface area contributed by atoms with Crippen LogP contribution in [-0.2, 0) is 14.3 Å². The van der Waals surface area contributed by atoms with Crippen LogP contribution in [-0.4, -0.2) is 101 Å². The molecule has 1 fully saturated rings. The molecule has 1 amide bonds. The number of allylic oxidation sites excluding steroid dienone is 1. The van der Waals surface area contributed by atoms with E-state index in [1.165, 1.54) is 12.1 Å². The van der Waals surface area contributed by atoms with E-state index in [2.05, 4.69) is 18.7 Å². The van der Waals surface area contributed by atoms with Gasteiger partial charge in [-0.1, -0.05) is 36.2 Å². The number of nitrogens with zero attached hydrogens (tertiary/aromatic N) is 4. The molecule has 0 saturated heterocycles. The Labute approximate surface area is 361 Å². The lowest BCUT2D eigenvalue weighted by Crippen LogP contribution is -2.70. The van der Waals surface area contributed by atoms with Gasteiger partial charge in [0.05, 0.1) is 60.7 Å². The van der Waals surface area contributed by atoms with Crippen LogP contribution in [0.1, 0.15) is 79.3 Å². The molecular weight excluding hydrogens is 797 g/mol. The van der Waals surface area contributed by atoms with Crippen molar-refractivity contribution < 1.29 is 48.8 Å². The van der Waals surface area contributed by atoms with E-state index in [-0.39, 0.29) is 94.3 Å². The summed E-state index contributed by atoms with van der Waals surface area (Å²) < 4.78 is 26.4. The second kappa shape index (κ2) is 21.9. The number of carbonyl (C=O) groups is 1. The summed E-state index contributed by atoms with van der Waals surface area (Å²) in [4.78, 5) is 33.6. The Morgan fingerprint density at radius 3 is 2.48 bits per heavy atom. The summed E-state index contributed by atoms with van der Waals surface area (Å²) in [6, 6.07) is 19.1. The van der Waals surface area contributed by atoms with Crippen molar-refractivity contribution in [1.82, 2.24) is 4.90 Å². The molecule has 1 heterocycles. The summed E-state index contributed by atoms with van der Waals surface area (Å²) in [5, 5.41) is 55.3. The van der Waals surface area contributed by atoms with E-state index in [1.807, 2.05) is 13.0 Å². The lowest BCUT2D eigenvalue weighted by Gasteiger charge is -2.60. The van der Waals surface area contributed by atoms with E-state index in [9.17, 15) is 35.5 Å². The number of fused-ring (bicyclic) bond motifs is 2. The van der Waals surface area contributed by atoms with E-state index in [0.29, 0.717) is 47.6 Å². The average Bonchev–Trinajstić information content (AvgIpc) is 3.29. The predicted molar refractivity (Wildman–Crippen MR) is 230 cm³/mol. The molecule has 6 atom stereocenters. The molecule has 0 bridgehead atoms. The third-order valence-corrected chi connectivity index (χ3v) is 11.8. The first-order valence-electron chi connectivity index (χ1n) is 21.4. The monoisotopic (exact) mass is 852 g/mol. The largest absolute Gasteiger partial charge is 0.459 e. The molecule has 15 heteroatoms. The molecule has 3 aromatic carbocycles. The third kappa shape index (κ3) is 10.2. The van der Waals surface area contributed by atoms with Gasteiger partial charge in [-0.2, -0.15) is 5.26 Å². The minimum atomic E-state index is -1.55. The predicted octanol–water partition coefficient (Wildman–Crippen LogP) is 7.06. The van der Waals surface area contributed by atoms with Gasteiger partial charge in [0, 0.05) is 49.3 Å². The van der Waals surface area contributed by atoms with Gasteiger partial charge in [-0.05, 0) is 98.5 Å². The highest BCUT2D eigenvalue weighted by atomic mass is 16.7. The van der Waals surface area contributed by atoms with Gasteiger partial charge in [-0.15, -0.1) is 6.58 Å². The highest BCUT2D eigenvalue weighted by molar-refractivity contribution is 6.03. The zero-order chi connectivity index (χ0) is 44.1. The molecule has 330 valence electrons. The van der Waals surface area contributed by atoms with Crippen molar-refractivity contribution >= 4 is 17.3 Å². The maximum atomic E-state index is 15.0. The Kier molecular flexibility index (Phi) is 16.2. The minimum Gasteiger partial charge on any atom is -0.459 e. The fourth-order valence-corrected chi connectivity index (χ4v) is 9.23. The fourth-order valence-electron chi connectivity index (χ4n) is 9.23. The number of hydrogen-bond acceptors (Lipinski definition) is 13. The van der Waals surface area contributed by atoms with Crippen molar-refractivity contribution in [3.8, 4) is 23.3 Å². The number of non-ortho nitro benzene ring substituents is 1. The highest BCUT2D eigenvalue weighted by Gasteiger charge is 2.65. The number of unbranched alkanes of at least 4 members (excludes halogenated alkanes) is 2. The number of aliphatic hydroxyl groups excluding tert-OH is 3. The topological polar surface area (TPSA) is 206 Å². The Morgan fingerprint density at radius 1 is 1.03 bits per heavy atom. The first kappa shape index (κ1) is 45.9. The Bertz CT molecular complexity index is 2120. The summed E-state index contributed by atoms with van der Waals surface area (Å²) in [6.07, 6.45) is 8.22. The number of ether oxygens (including phenoxy) is 4. The SMILES string of the molecule is C=CCOC12Oc3ccc(Oc4cccc([N+](=O)[O-])c4)cc3C3C(CCCCO)C(CCCCO)C=C(C(=NOCC)CC1N(CCOCCO)C(=O)c1ccc(C#N)cc1)C32. The first-order valence-corrected chi connectivity index (χ1v) is 21.4. The molecule has 0 spiro atoms. The van der Waals surface area contributed by atoms with Crippen LogP contribution in [0, 0.1) is 39.2 Å².